The van der Waals surface area contributed by atoms with Crippen molar-refractivity contribution >= 4 is 17.6 Å². The molecule has 260 valence electrons. The van der Waals surface area contributed by atoms with Crippen LogP contribution in [0.25, 0.3) is 0 Å². The first-order chi connectivity index (χ1) is 22.4. The van der Waals surface area contributed by atoms with Gasteiger partial charge in [-0.3, -0.25) is 0 Å². The van der Waals surface area contributed by atoms with E-state index in [1.807, 2.05) is 39.0 Å². The van der Waals surface area contributed by atoms with Crippen molar-refractivity contribution in [3.63, 3.8) is 0 Å². The summed E-state index contributed by atoms with van der Waals surface area (Å²) < 4.78 is 11.4. The van der Waals surface area contributed by atoms with E-state index in [0.29, 0.717) is 30.1 Å². The van der Waals surface area contributed by atoms with Crippen LogP contribution in [0.1, 0.15) is 136 Å². The zero-order chi connectivity index (χ0) is 35.4. The largest absolute Gasteiger partial charge is 0.492 e. The molecule has 3 aromatic carbocycles. The van der Waals surface area contributed by atoms with Crippen LogP contribution in [0.3, 0.4) is 0 Å². The number of para-hydroxylation sites is 1. The number of carboxylic acid groups (broad SMARTS) is 1. The predicted octanol–water partition coefficient (Wildman–Crippen LogP) is 12.7. The molecule has 47 heavy (non-hydrogen) atoms. The first-order valence-corrected chi connectivity index (χ1v) is 17.8. The molecule has 1 N–H and O–H groups in total. The highest BCUT2D eigenvalue weighted by Crippen LogP contribution is 2.36. The Morgan fingerprint density at radius 3 is 1.98 bits per heavy atom. The summed E-state index contributed by atoms with van der Waals surface area (Å²) in [6.07, 6.45) is 9.07. The van der Waals surface area contributed by atoms with Gasteiger partial charge in [0.1, 0.15) is 5.75 Å². The standard InChI is InChI=1S/C23H31ClO.C9H10O2.C5H10O.C5H10/c1-5-8-20(9-6-2)22-11-7-10-17(3)23(22)25-16-18(4)19-12-14-21(24)15-13-19;1-6-3-4-8(9(10)11)5-7(6)2;1-2-5-3-4-6-5;1-4-5(2)3/h7,10-15,18,20H,5-6,8-9,16H2,1-4H3;3-5H,1-2H3,(H,10,11);5H,2-4H2,1H3;2,4H2,1,3H3. The maximum absolute atomic E-state index is 10.5. The lowest BCUT2D eigenvalue weighted by Crippen LogP contribution is -2.25. The van der Waals surface area contributed by atoms with Gasteiger partial charge >= 0.3 is 5.97 Å². The molecule has 0 spiro atoms. The lowest BCUT2D eigenvalue weighted by atomic mass is 9.88. The molecule has 5 heteroatoms. The average Bonchev–Trinajstić information content (AvgIpc) is 3.02. The van der Waals surface area contributed by atoms with Crippen molar-refractivity contribution in [2.75, 3.05) is 13.2 Å². The molecule has 0 radical (unpaired) electrons. The van der Waals surface area contributed by atoms with Crippen molar-refractivity contribution in [2.45, 2.75) is 125 Å². The molecule has 0 amide bonds. The molecule has 0 aromatic heterocycles. The van der Waals surface area contributed by atoms with Crippen molar-refractivity contribution in [1.82, 2.24) is 0 Å². The third kappa shape index (κ3) is 16.0. The predicted molar refractivity (Wildman–Crippen MR) is 202 cm³/mol. The molecule has 0 saturated carbocycles. The van der Waals surface area contributed by atoms with Gasteiger partial charge in [0.2, 0.25) is 0 Å². The Labute approximate surface area is 291 Å². The zero-order valence-electron chi connectivity index (χ0n) is 30.6. The van der Waals surface area contributed by atoms with E-state index in [-0.39, 0.29) is 0 Å². The first-order valence-electron chi connectivity index (χ1n) is 17.4. The highest BCUT2D eigenvalue weighted by atomic mass is 35.5. The van der Waals surface area contributed by atoms with Gasteiger partial charge in [0.05, 0.1) is 18.3 Å². The topological polar surface area (TPSA) is 55.8 Å². The SMILES string of the molecule is C=C(C)CC.CCC1CCO1.CCCC(CCC)c1cccc(C)c1OCC(C)c1ccc(Cl)cc1.Cc1ccc(C(=O)O)cc1C. The van der Waals surface area contributed by atoms with Crippen LogP contribution >= 0.6 is 11.6 Å². The summed E-state index contributed by atoms with van der Waals surface area (Å²) >= 11 is 5.99. The molecule has 1 aliphatic heterocycles. The van der Waals surface area contributed by atoms with Gasteiger partial charge in [-0.1, -0.05) is 101 Å². The van der Waals surface area contributed by atoms with Crippen LogP contribution in [0.2, 0.25) is 5.02 Å². The minimum absolute atomic E-state index is 0.334. The highest BCUT2D eigenvalue weighted by Gasteiger charge is 2.18. The average molecular weight is 665 g/mol. The van der Waals surface area contributed by atoms with E-state index in [1.54, 1.807) is 12.1 Å². The number of hydrogen-bond acceptors (Lipinski definition) is 3. The van der Waals surface area contributed by atoms with Crippen molar-refractivity contribution in [3.05, 3.63) is 111 Å². The molecule has 4 nitrogen and oxygen atoms in total. The van der Waals surface area contributed by atoms with E-state index in [4.69, 9.17) is 26.2 Å². The van der Waals surface area contributed by atoms with Crippen LogP contribution in [0.15, 0.2) is 72.8 Å². The Hall–Kier alpha value is -3.08. The van der Waals surface area contributed by atoms with Gasteiger partial charge in [0.15, 0.2) is 0 Å². The van der Waals surface area contributed by atoms with Crippen LogP contribution in [0.5, 0.6) is 5.75 Å². The fourth-order valence-electron chi connectivity index (χ4n) is 4.92. The summed E-state index contributed by atoms with van der Waals surface area (Å²) in [6, 6.07) is 19.8. The van der Waals surface area contributed by atoms with Gasteiger partial charge in [-0.05, 0) is 118 Å². The van der Waals surface area contributed by atoms with E-state index in [1.165, 1.54) is 60.8 Å². The number of ether oxygens (including phenoxy) is 2. The number of hydrogen-bond donors (Lipinski definition) is 1. The fourth-order valence-corrected chi connectivity index (χ4v) is 5.05. The van der Waals surface area contributed by atoms with Gasteiger partial charge in [0, 0.05) is 17.5 Å². The number of rotatable bonds is 12. The van der Waals surface area contributed by atoms with Gasteiger partial charge in [-0.25, -0.2) is 4.79 Å². The Bertz CT molecular complexity index is 1320. The maximum atomic E-state index is 10.5. The molecule has 4 rings (SSSR count). The minimum atomic E-state index is -0.867. The Kier molecular flexibility index (Phi) is 20.8. The van der Waals surface area contributed by atoms with Gasteiger partial charge < -0.3 is 14.6 Å². The van der Waals surface area contributed by atoms with E-state index < -0.39 is 5.97 Å². The Morgan fingerprint density at radius 1 is 0.957 bits per heavy atom. The second-order valence-electron chi connectivity index (χ2n) is 12.6. The Morgan fingerprint density at radius 2 is 1.55 bits per heavy atom. The molecule has 3 aromatic rings. The van der Waals surface area contributed by atoms with Crippen molar-refractivity contribution < 1.29 is 19.4 Å². The summed E-state index contributed by atoms with van der Waals surface area (Å²) in [5, 5.41) is 9.38. The van der Waals surface area contributed by atoms with Gasteiger partial charge in [-0.2, -0.15) is 0 Å². The summed E-state index contributed by atoms with van der Waals surface area (Å²) in [5.74, 6) is 1.15. The summed E-state index contributed by atoms with van der Waals surface area (Å²) in [6.45, 7) is 24.4. The lowest BCUT2D eigenvalue weighted by Gasteiger charge is -2.24. The van der Waals surface area contributed by atoms with Gasteiger partial charge in [0.25, 0.3) is 0 Å². The lowest BCUT2D eigenvalue weighted by molar-refractivity contribution is -0.0516. The van der Waals surface area contributed by atoms with E-state index in [2.05, 4.69) is 78.5 Å². The third-order valence-electron chi connectivity index (χ3n) is 8.48. The van der Waals surface area contributed by atoms with Crippen LogP contribution in [0, 0.1) is 20.8 Å². The monoisotopic (exact) mass is 664 g/mol. The molecule has 0 bridgehead atoms. The molecule has 1 saturated heterocycles. The molecule has 0 aliphatic carbocycles. The molecule has 1 aliphatic rings. The molecule has 2 atom stereocenters. The summed E-state index contributed by atoms with van der Waals surface area (Å²) in [5.41, 5.74) is 7.63. The third-order valence-corrected chi connectivity index (χ3v) is 8.73. The van der Waals surface area contributed by atoms with Crippen molar-refractivity contribution in [3.8, 4) is 5.75 Å². The van der Waals surface area contributed by atoms with E-state index in [9.17, 15) is 4.79 Å². The highest BCUT2D eigenvalue weighted by molar-refractivity contribution is 6.30. The molecular formula is C42H61ClO4. The molecule has 1 heterocycles. The number of aryl methyl sites for hydroxylation is 3. The molecule has 2 unspecified atom stereocenters. The van der Waals surface area contributed by atoms with Crippen LogP contribution in [-0.4, -0.2) is 30.4 Å². The second-order valence-corrected chi connectivity index (χ2v) is 13.1. The summed E-state index contributed by atoms with van der Waals surface area (Å²) in [7, 11) is 0. The van der Waals surface area contributed by atoms with Crippen molar-refractivity contribution in [1.29, 1.82) is 0 Å². The first kappa shape index (κ1) is 41.9. The fraction of sp³-hybridized carbons (Fsp3) is 0.500. The quantitative estimate of drug-likeness (QED) is 0.196. The molecular weight excluding hydrogens is 604 g/mol. The number of carboxylic acids is 1. The minimum Gasteiger partial charge on any atom is -0.492 e. The number of allylic oxidation sites excluding steroid dienone is 1. The zero-order valence-corrected chi connectivity index (χ0v) is 31.4. The number of aromatic carboxylic acids is 1. The second kappa shape index (κ2) is 23.3. The van der Waals surface area contributed by atoms with E-state index >= 15 is 0 Å². The maximum Gasteiger partial charge on any atom is 0.335 e. The smallest absolute Gasteiger partial charge is 0.335 e. The van der Waals surface area contributed by atoms with Crippen LogP contribution < -0.4 is 4.74 Å². The van der Waals surface area contributed by atoms with Crippen LogP contribution in [0.4, 0.5) is 0 Å². The van der Waals surface area contributed by atoms with Crippen molar-refractivity contribution in [2.24, 2.45) is 0 Å². The molecule has 1 fully saturated rings. The number of halogens is 1. The summed E-state index contributed by atoms with van der Waals surface area (Å²) in [4.78, 5) is 10.5. The number of benzene rings is 3. The Balaban J connectivity index is 0.000000406. The van der Waals surface area contributed by atoms with Crippen LogP contribution in [-0.2, 0) is 4.74 Å². The normalized spacial score (nSPS) is 13.8. The van der Waals surface area contributed by atoms with E-state index in [0.717, 1.165) is 34.9 Å². The number of carbonyl (C=O) groups is 1. The van der Waals surface area contributed by atoms with Gasteiger partial charge in [-0.15, -0.1) is 6.58 Å².